The molecule has 0 radical (unpaired) electrons. The molecule has 1 unspecified atom stereocenters. The van der Waals surface area contributed by atoms with E-state index in [-0.39, 0.29) is 18.4 Å². The third-order valence-electron chi connectivity index (χ3n) is 2.64. The Labute approximate surface area is 90.0 Å². The third-order valence-corrected chi connectivity index (χ3v) is 2.64. The molecule has 1 rings (SSSR count). The molecular formula is C10H19N3O2. The predicted octanol–water partition coefficient (Wildman–Crippen LogP) is -0.538. The molecule has 1 heterocycles. The molecule has 5 nitrogen and oxygen atoms in total. The van der Waals surface area contributed by atoms with Crippen molar-refractivity contribution in [2.24, 2.45) is 5.73 Å². The van der Waals surface area contributed by atoms with E-state index in [1.807, 2.05) is 11.8 Å². The lowest BCUT2D eigenvalue weighted by molar-refractivity contribution is -0.135. The zero-order valence-electron chi connectivity index (χ0n) is 9.16. The number of amides is 2. The van der Waals surface area contributed by atoms with Gasteiger partial charge in [-0.3, -0.25) is 9.59 Å². The maximum Gasteiger partial charge on any atom is 0.245 e. The average molecular weight is 213 g/mol. The summed E-state index contributed by atoms with van der Waals surface area (Å²) in [5, 5.41) is 2.64. The maximum absolute atomic E-state index is 11.9. The fourth-order valence-corrected chi connectivity index (χ4v) is 1.75. The first kappa shape index (κ1) is 12.0. The van der Waals surface area contributed by atoms with Crippen molar-refractivity contribution in [3.63, 3.8) is 0 Å². The van der Waals surface area contributed by atoms with Gasteiger partial charge in [-0.2, -0.15) is 0 Å². The van der Waals surface area contributed by atoms with Crippen LogP contribution in [-0.2, 0) is 9.59 Å². The molecule has 86 valence electrons. The summed E-state index contributed by atoms with van der Waals surface area (Å²) in [5.74, 6) is -0.244. The van der Waals surface area contributed by atoms with E-state index in [0.29, 0.717) is 6.42 Å². The van der Waals surface area contributed by atoms with Crippen LogP contribution in [0.25, 0.3) is 0 Å². The van der Waals surface area contributed by atoms with Gasteiger partial charge in [0.1, 0.15) is 6.04 Å². The molecule has 0 aliphatic carbocycles. The van der Waals surface area contributed by atoms with E-state index in [0.717, 1.165) is 25.9 Å². The number of nitrogens with one attached hydrogen (secondary N) is 1. The van der Waals surface area contributed by atoms with Crippen LogP contribution in [0.2, 0.25) is 0 Å². The second-order valence-corrected chi connectivity index (χ2v) is 3.76. The maximum atomic E-state index is 11.9. The zero-order chi connectivity index (χ0) is 11.3. The lowest BCUT2D eigenvalue weighted by Gasteiger charge is -2.22. The molecule has 0 spiro atoms. The number of rotatable bonds is 4. The molecule has 15 heavy (non-hydrogen) atoms. The first-order chi connectivity index (χ1) is 7.19. The lowest BCUT2D eigenvalue weighted by atomic mass is 10.2. The molecule has 2 amide bonds. The second kappa shape index (κ2) is 5.70. The molecule has 3 N–H and O–H groups in total. The number of nitrogens with two attached hydrogens (primary N) is 1. The minimum Gasteiger partial charge on any atom is -0.343 e. The summed E-state index contributed by atoms with van der Waals surface area (Å²) >= 11 is 0. The summed E-state index contributed by atoms with van der Waals surface area (Å²) in [6, 6.07) is -0.404. The third kappa shape index (κ3) is 3.20. The smallest absolute Gasteiger partial charge is 0.245 e. The van der Waals surface area contributed by atoms with Crippen molar-refractivity contribution >= 4 is 11.8 Å². The molecular weight excluding hydrogens is 194 g/mol. The fourth-order valence-electron chi connectivity index (χ4n) is 1.75. The van der Waals surface area contributed by atoms with Crippen LogP contribution in [0.15, 0.2) is 0 Å². The van der Waals surface area contributed by atoms with E-state index in [1.54, 1.807) is 0 Å². The second-order valence-electron chi connectivity index (χ2n) is 3.76. The normalized spacial score (nSPS) is 17.6. The Bertz CT molecular complexity index is 237. The average Bonchev–Trinajstić information content (AvgIpc) is 2.77. The van der Waals surface area contributed by atoms with Gasteiger partial charge < -0.3 is 16.0 Å². The van der Waals surface area contributed by atoms with Gasteiger partial charge in [-0.1, -0.05) is 6.92 Å². The quantitative estimate of drug-likeness (QED) is 0.658. The molecule has 5 heteroatoms. The highest BCUT2D eigenvalue weighted by Crippen LogP contribution is 2.10. The molecule has 0 bridgehead atoms. The van der Waals surface area contributed by atoms with Crippen LogP contribution in [-0.4, -0.2) is 42.4 Å². The van der Waals surface area contributed by atoms with E-state index >= 15 is 0 Å². The van der Waals surface area contributed by atoms with E-state index < -0.39 is 6.04 Å². The largest absolute Gasteiger partial charge is 0.343 e. The van der Waals surface area contributed by atoms with Crippen LogP contribution in [0.3, 0.4) is 0 Å². The minimum atomic E-state index is -0.404. The summed E-state index contributed by atoms with van der Waals surface area (Å²) < 4.78 is 0. The van der Waals surface area contributed by atoms with Crippen molar-refractivity contribution in [2.75, 3.05) is 19.6 Å². The topological polar surface area (TPSA) is 75.4 Å². The molecule has 1 aliphatic heterocycles. The van der Waals surface area contributed by atoms with Crippen molar-refractivity contribution in [1.29, 1.82) is 0 Å². The Hall–Kier alpha value is -1.10. The minimum absolute atomic E-state index is 0.0248. The summed E-state index contributed by atoms with van der Waals surface area (Å²) in [7, 11) is 0. The van der Waals surface area contributed by atoms with Gasteiger partial charge in [0, 0.05) is 13.1 Å². The molecule has 1 aliphatic rings. The van der Waals surface area contributed by atoms with Gasteiger partial charge in [-0.15, -0.1) is 0 Å². The van der Waals surface area contributed by atoms with Gasteiger partial charge >= 0.3 is 0 Å². The SMILES string of the molecule is CCC(NC(=O)CN)C(=O)N1CCCC1. The molecule has 0 saturated carbocycles. The molecule has 1 saturated heterocycles. The Morgan fingerprint density at radius 2 is 2.00 bits per heavy atom. The Balaban J connectivity index is 2.49. The molecule has 0 aromatic heterocycles. The Morgan fingerprint density at radius 3 is 2.47 bits per heavy atom. The standard InChI is InChI=1S/C10H19N3O2/c1-2-8(12-9(14)7-11)10(15)13-5-3-4-6-13/h8H,2-7,11H2,1H3,(H,12,14). The van der Waals surface area contributed by atoms with Crippen LogP contribution in [0.5, 0.6) is 0 Å². The number of carbonyl (C=O) groups is 2. The number of hydrogen-bond donors (Lipinski definition) is 2. The van der Waals surface area contributed by atoms with Crippen LogP contribution < -0.4 is 11.1 Å². The number of nitrogens with zero attached hydrogens (tertiary/aromatic N) is 1. The number of likely N-dealkylation sites (tertiary alicyclic amines) is 1. The monoisotopic (exact) mass is 213 g/mol. The van der Waals surface area contributed by atoms with Crippen LogP contribution in [0, 0.1) is 0 Å². The molecule has 0 aromatic carbocycles. The zero-order valence-corrected chi connectivity index (χ0v) is 9.16. The van der Waals surface area contributed by atoms with E-state index in [9.17, 15) is 9.59 Å². The highest BCUT2D eigenvalue weighted by Gasteiger charge is 2.25. The summed E-state index contributed by atoms with van der Waals surface area (Å²) in [6.45, 7) is 3.45. The number of hydrogen-bond acceptors (Lipinski definition) is 3. The molecule has 0 aromatic rings. The first-order valence-corrected chi connectivity index (χ1v) is 5.47. The molecule has 1 fully saturated rings. The van der Waals surface area contributed by atoms with Gasteiger partial charge in [0.25, 0.3) is 0 Å². The summed E-state index contributed by atoms with van der Waals surface area (Å²) in [4.78, 5) is 24.8. The first-order valence-electron chi connectivity index (χ1n) is 5.47. The van der Waals surface area contributed by atoms with Gasteiger partial charge in [0.2, 0.25) is 11.8 Å². The van der Waals surface area contributed by atoms with Crippen molar-refractivity contribution in [3.05, 3.63) is 0 Å². The van der Waals surface area contributed by atoms with Crippen LogP contribution in [0.1, 0.15) is 26.2 Å². The van der Waals surface area contributed by atoms with E-state index in [2.05, 4.69) is 5.32 Å². The molecule has 1 atom stereocenters. The summed E-state index contributed by atoms with van der Waals surface area (Å²) in [6.07, 6.45) is 2.74. The van der Waals surface area contributed by atoms with Crippen molar-refractivity contribution < 1.29 is 9.59 Å². The van der Waals surface area contributed by atoms with Crippen molar-refractivity contribution in [2.45, 2.75) is 32.2 Å². The van der Waals surface area contributed by atoms with Crippen molar-refractivity contribution in [1.82, 2.24) is 10.2 Å². The van der Waals surface area contributed by atoms with Gasteiger partial charge in [0.05, 0.1) is 6.54 Å². The van der Waals surface area contributed by atoms with Gasteiger partial charge in [0.15, 0.2) is 0 Å². The van der Waals surface area contributed by atoms with Gasteiger partial charge in [-0.05, 0) is 19.3 Å². The Morgan fingerprint density at radius 1 is 1.40 bits per heavy atom. The van der Waals surface area contributed by atoms with Crippen LogP contribution in [0.4, 0.5) is 0 Å². The predicted molar refractivity (Wildman–Crippen MR) is 57.1 cm³/mol. The lowest BCUT2D eigenvalue weighted by Crippen LogP contribution is -2.48. The fraction of sp³-hybridized carbons (Fsp3) is 0.800. The van der Waals surface area contributed by atoms with E-state index in [4.69, 9.17) is 5.73 Å². The van der Waals surface area contributed by atoms with Crippen LogP contribution >= 0.6 is 0 Å². The van der Waals surface area contributed by atoms with E-state index in [1.165, 1.54) is 0 Å². The highest BCUT2D eigenvalue weighted by atomic mass is 16.2. The van der Waals surface area contributed by atoms with Gasteiger partial charge in [-0.25, -0.2) is 0 Å². The highest BCUT2D eigenvalue weighted by molar-refractivity contribution is 5.88. The van der Waals surface area contributed by atoms with Crippen molar-refractivity contribution in [3.8, 4) is 0 Å². The number of carbonyl (C=O) groups excluding carboxylic acids is 2. The Kier molecular flexibility index (Phi) is 4.55. The summed E-state index contributed by atoms with van der Waals surface area (Å²) in [5.41, 5.74) is 5.19.